The van der Waals surface area contributed by atoms with E-state index in [1.54, 1.807) is 0 Å². The van der Waals surface area contributed by atoms with Crippen molar-refractivity contribution in [3.8, 4) is 0 Å². The quantitative estimate of drug-likeness (QED) is 0.340. The van der Waals surface area contributed by atoms with Gasteiger partial charge in [-0.15, -0.1) is 0 Å². The Bertz CT molecular complexity index is 436. The summed E-state index contributed by atoms with van der Waals surface area (Å²) in [7, 11) is 0. The summed E-state index contributed by atoms with van der Waals surface area (Å²) in [4.78, 5) is 11.2. The summed E-state index contributed by atoms with van der Waals surface area (Å²) in [5.41, 5.74) is -0.872. The van der Waals surface area contributed by atoms with Crippen LogP contribution >= 0.6 is 0 Å². The zero-order valence-electron chi connectivity index (χ0n) is 13.0. The molecule has 0 aromatic heterocycles. The molecule has 0 spiro atoms. The molecule has 0 rings (SSSR count). The fourth-order valence-electron chi connectivity index (χ4n) is 1.57. The van der Waals surface area contributed by atoms with Crippen molar-refractivity contribution >= 4 is 5.97 Å². The number of unbranched alkanes of at least 4 members (excludes halogenated alkanes) is 1. The Morgan fingerprint density at radius 1 is 0.792 bits per heavy atom. The summed E-state index contributed by atoms with van der Waals surface area (Å²) in [6, 6.07) is 0. The first-order chi connectivity index (χ1) is 10.4. The van der Waals surface area contributed by atoms with Gasteiger partial charge >= 0.3 is 29.9 Å². The minimum absolute atomic E-state index is 0.432. The van der Waals surface area contributed by atoms with E-state index in [0.717, 1.165) is 0 Å². The molecule has 0 amide bonds. The van der Waals surface area contributed by atoms with Gasteiger partial charge in [0.05, 0.1) is 0 Å². The predicted molar refractivity (Wildman–Crippen MR) is 65.2 cm³/mol. The van der Waals surface area contributed by atoms with Crippen LogP contribution in [0, 0.1) is 0 Å². The van der Waals surface area contributed by atoms with Gasteiger partial charge in [0.2, 0.25) is 0 Å². The number of esters is 1. The Balaban J connectivity index is 4.73. The number of carbonyl (C=O) groups is 1. The minimum Gasteiger partial charge on any atom is -0.460 e. The highest BCUT2D eigenvalue weighted by atomic mass is 19.4. The number of halogens is 9. The second kappa shape index (κ2) is 6.99. The van der Waals surface area contributed by atoms with Crippen LogP contribution in [0.15, 0.2) is 0 Å². The van der Waals surface area contributed by atoms with E-state index in [1.165, 1.54) is 20.8 Å². The van der Waals surface area contributed by atoms with Crippen molar-refractivity contribution in [3.05, 3.63) is 0 Å². The summed E-state index contributed by atoms with van der Waals surface area (Å²) in [5, 5.41) is 0. The molecule has 0 atom stereocenters. The number of rotatable bonds is 7. The summed E-state index contributed by atoms with van der Waals surface area (Å²) in [6.45, 7) is 4.54. The van der Waals surface area contributed by atoms with Gasteiger partial charge in [-0.3, -0.25) is 4.79 Å². The van der Waals surface area contributed by atoms with Gasteiger partial charge in [0.1, 0.15) is 5.60 Å². The standard InChI is InChI=1S/C13H17F9O2/c1-9(2,3)24-8(23)6-4-5-7-10(14,15)11(16,17)12(18,19)13(20,21)22/h4-7H2,1-3H3. The van der Waals surface area contributed by atoms with Crippen LogP contribution in [-0.2, 0) is 9.53 Å². The number of carbonyl (C=O) groups excluding carboxylic acids is 1. The van der Waals surface area contributed by atoms with Crippen LogP contribution in [0.5, 0.6) is 0 Å². The SMILES string of the molecule is CC(C)(C)OC(=O)CCCCC(F)(F)C(F)(F)C(F)(F)C(F)(F)F. The Kier molecular flexibility index (Phi) is 6.65. The largest absolute Gasteiger partial charge is 0.460 e. The lowest BCUT2D eigenvalue weighted by molar-refractivity contribution is -0.396. The van der Waals surface area contributed by atoms with Crippen molar-refractivity contribution in [2.75, 3.05) is 0 Å². The summed E-state index contributed by atoms with van der Waals surface area (Å²) < 4.78 is 118. The van der Waals surface area contributed by atoms with Crippen LogP contribution in [0.3, 0.4) is 0 Å². The van der Waals surface area contributed by atoms with Crippen molar-refractivity contribution in [2.24, 2.45) is 0 Å². The van der Waals surface area contributed by atoms with Crippen LogP contribution in [-0.4, -0.2) is 35.5 Å². The average molecular weight is 376 g/mol. The molecule has 0 saturated carbocycles. The average Bonchev–Trinajstić information content (AvgIpc) is 2.30. The van der Waals surface area contributed by atoms with Crippen molar-refractivity contribution in [2.45, 2.75) is 76.0 Å². The van der Waals surface area contributed by atoms with E-state index in [9.17, 15) is 44.3 Å². The molecule has 11 heteroatoms. The van der Waals surface area contributed by atoms with Crippen LogP contribution in [0.1, 0.15) is 46.5 Å². The lowest BCUT2D eigenvalue weighted by Gasteiger charge is -2.33. The zero-order chi connectivity index (χ0) is 19.6. The molecule has 0 aromatic rings. The van der Waals surface area contributed by atoms with Crippen LogP contribution < -0.4 is 0 Å². The first-order valence-electron chi connectivity index (χ1n) is 6.77. The molecule has 0 fully saturated rings. The smallest absolute Gasteiger partial charge is 0.460 e. The maximum Gasteiger partial charge on any atom is 0.460 e. The molecular formula is C13H17F9O2. The number of ether oxygens (including phenoxy) is 1. The second-order valence-corrected chi connectivity index (χ2v) is 6.14. The normalized spacial score (nSPS) is 14.7. The van der Waals surface area contributed by atoms with Crippen LogP contribution in [0.4, 0.5) is 39.5 Å². The molecule has 0 N–H and O–H groups in total. The van der Waals surface area contributed by atoms with E-state index in [2.05, 4.69) is 0 Å². The lowest BCUT2D eigenvalue weighted by atomic mass is 9.98. The van der Waals surface area contributed by atoms with Gasteiger partial charge in [-0.05, 0) is 33.6 Å². The Morgan fingerprint density at radius 2 is 1.25 bits per heavy atom. The lowest BCUT2D eigenvalue weighted by Crippen LogP contribution is -2.60. The minimum atomic E-state index is -6.88. The molecule has 0 aliphatic carbocycles. The maximum atomic E-state index is 13.2. The third-order valence-corrected chi connectivity index (χ3v) is 2.75. The van der Waals surface area contributed by atoms with E-state index in [-0.39, 0.29) is 0 Å². The van der Waals surface area contributed by atoms with Gasteiger partial charge in [0, 0.05) is 12.8 Å². The molecule has 0 saturated heterocycles. The van der Waals surface area contributed by atoms with Crippen LogP contribution in [0.25, 0.3) is 0 Å². The van der Waals surface area contributed by atoms with Gasteiger partial charge in [-0.1, -0.05) is 0 Å². The van der Waals surface area contributed by atoms with E-state index < -0.39 is 61.2 Å². The Hall–Kier alpha value is -1.16. The first kappa shape index (κ1) is 22.8. The third kappa shape index (κ3) is 5.44. The molecule has 2 nitrogen and oxygen atoms in total. The van der Waals surface area contributed by atoms with Crippen LogP contribution in [0.2, 0.25) is 0 Å². The highest BCUT2D eigenvalue weighted by Crippen LogP contribution is 2.54. The van der Waals surface area contributed by atoms with Crippen molar-refractivity contribution in [3.63, 3.8) is 0 Å². The molecule has 0 aliphatic heterocycles. The number of hydrogen-bond acceptors (Lipinski definition) is 2. The molecule has 0 aromatic carbocycles. The van der Waals surface area contributed by atoms with Crippen molar-refractivity contribution in [1.82, 2.24) is 0 Å². The van der Waals surface area contributed by atoms with Gasteiger partial charge in [0.15, 0.2) is 0 Å². The van der Waals surface area contributed by atoms with Gasteiger partial charge in [-0.25, -0.2) is 0 Å². The molecule has 0 unspecified atom stereocenters. The molecular weight excluding hydrogens is 359 g/mol. The maximum absolute atomic E-state index is 13.2. The fourth-order valence-corrected chi connectivity index (χ4v) is 1.57. The van der Waals surface area contributed by atoms with Gasteiger partial charge < -0.3 is 4.74 Å². The highest BCUT2D eigenvalue weighted by molar-refractivity contribution is 5.69. The zero-order valence-corrected chi connectivity index (χ0v) is 13.0. The summed E-state index contributed by atoms with van der Waals surface area (Å²) in [5.74, 6) is -19.9. The van der Waals surface area contributed by atoms with E-state index >= 15 is 0 Å². The fraction of sp³-hybridized carbons (Fsp3) is 0.923. The van der Waals surface area contributed by atoms with Crippen molar-refractivity contribution < 1.29 is 49.0 Å². The molecule has 0 bridgehead atoms. The monoisotopic (exact) mass is 376 g/mol. The summed E-state index contributed by atoms with van der Waals surface area (Å²) in [6.07, 6.45) is -10.5. The molecule has 0 radical (unpaired) electrons. The van der Waals surface area contributed by atoms with Crippen molar-refractivity contribution in [1.29, 1.82) is 0 Å². The number of alkyl halides is 9. The second-order valence-electron chi connectivity index (χ2n) is 6.14. The molecule has 0 aliphatic rings. The van der Waals surface area contributed by atoms with E-state index in [0.29, 0.717) is 0 Å². The van der Waals surface area contributed by atoms with E-state index in [4.69, 9.17) is 4.74 Å². The number of hydrogen-bond donors (Lipinski definition) is 0. The van der Waals surface area contributed by atoms with Gasteiger partial charge in [0.25, 0.3) is 0 Å². The third-order valence-electron chi connectivity index (χ3n) is 2.75. The Morgan fingerprint density at radius 3 is 1.62 bits per heavy atom. The Labute approximate surface area is 132 Å². The van der Waals surface area contributed by atoms with Gasteiger partial charge in [-0.2, -0.15) is 39.5 Å². The molecule has 144 valence electrons. The summed E-state index contributed by atoms with van der Waals surface area (Å²) >= 11 is 0. The highest BCUT2D eigenvalue weighted by Gasteiger charge is 2.81. The van der Waals surface area contributed by atoms with E-state index in [1.807, 2.05) is 0 Å². The molecule has 24 heavy (non-hydrogen) atoms. The molecule has 0 heterocycles. The predicted octanol–water partition coefficient (Wildman–Crippen LogP) is 5.36. The topological polar surface area (TPSA) is 26.3 Å². The first-order valence-corrected chi connectivity index (χ1v) is 6.77.